The lowest BCUT2D eigenvalue weighted by Gasteiger charge is -2.41. The summed E-state index contributed by atoms with van der Waals surface area (Å²) in [6.07, 6.45) is 3.79. The number of aryl methyl sites for hydroxylation is 2. The highest BCUT2D eigenvalue weighted by Gasteiger charge is 2.36. The highest BCUT2D eigenvalue weighted by atomic mass is 16.2. The summed E-state index contributed by atoms with van der Waals surface area (Å²) in [6.45, 7) is 16.1. The van der Waals surface area contributed by atoms with Crippen molar-refractivity contribution >= 4 is 12.1 Å². The second kappa shape index (κ2) is 6.82. The second-order valence-electron chi connectivity index (χ2n) is 7.07. The molecule has 1 aromatic heterocycles. The second-order valence-corrected chi connectivity index (χ2v) is 7.07. The van der Waals surface area contributed by atoms with Crippen molar-refractivity contribution in [2.24, 2.45) is 10.9 Å². The van der Waals surface area contributed by atoms with Crippen LogP contribution in [-0.2, 0) is 11.3 Å². The summed E-state index contributed by atoms with van der Waals surface area (Å²) in [5, 5.41) is 0. The van der Waals surface area contributed by atoms with Crippen molar-refractivity contribution in [2.45, 2.75) is 39.8 Å². The van der Waals surface area contributed by atoms with Crippen molar-refractivity contribution in [1.29, 1.82) is 0 Å². The van der Waals surface area contributed by atoms with Gasteiger partial charge in [-0.2, -0.15) is 0 Å². The average molecular weight is 338 g/mol. The maximum Gasteiger partial charge on any atom is 0.223 e. The van der Waals surface area contributed by atoms with Crippen LogP contribution in [0.2, 0.25) is 0 Å². The van der Waals surface area contributed by atoms with E-state index in [0.29, 0.717) is 18.9 Å². The van der Waals surface area contributed by atoms with E-state index in [2.05, 4.69) is 47.9 Å². The van der Waals surface area contributed by atoms with E-state index in [1.165, 1.54) is 17.3 Å². The molecule has 1 amide bonds. The molecule has 1 aromatic rings. The number of pyridine rings is 1. The SMILES string of the molecule is C=CN=CC(=C)N1CC(CC(=O)N2Cc3nc(C)cc(C)c3C2C)C1. The minimum atomic E-state index is 0.112. The quantitative estimate of drug-likeness (QED) is 0.775. The molecule has 0 N–H and O–H groups in total. The Morgan fingerprint density at radius 1 is 1.44 bits per heavy atom. The highest BCUT2D eigenvalue weighted by molar-refractivity contribution is 5.79. The summed E-state index contributed by atoms with van der Waals surface area (Å²) < 4.78 is 0. The maximum atomic E-state index is 12.8. The van der Waals surface area contributed by atoms with E-state index < -0.39 is 0 Å². The molecule has 5 nitrogen and oxygen atoms in total. The van der Waals surface area contributed by atoms with E-state index in [1.54, 1.807) is 6.21 Å². The third-order valence-corrected chi connectivity index (χ3v) is 5.15. The van der Waals surface area contributed by atoms with Gasteiger partial charge in [-0.15, -0.1) is 0 Å². The van der Waals surface area contributed by atoms with Crippen LogP contribution in [0, 0.1) is 19.8 Å². The molecular weight excluding hydrogens is 312 g/mol. The fourth-order valence-corrected chi connectivity index (χ4v) is 3.89. The van der Waals surface area contributed by atoms with Gasteiger partial charge < -0.3 is 9.80 Å². The summed E-state index contributed by atoms with van der Waals surface area (Å²) in [5.41, 5.74) is 5.41. The predicted octanol–water partition coefficient (Wildman–Crippen LogP) is 3.15. The van der Waals surface area contributed by atoms with Crippen LogP contribution in [0.25, 0.3) is 0 Å². The molecule has 1 fully saturated rings. The number of likely N-dealkylation sites (tertiary alicyclic amines) is 1. The molecule has 0 radical (unpaired) electrons. The summed E-state index contributed by atoms with van der Waals surface area (Å²) >= 11 is 0. The Labute approximate surface area is 149 Å². The Kier molecular flexibility index (Phi) is 4.75. The van der Waals surface area contributed by atoms with Gasteiger partial charge in [0.2, 0.25) is 5.91 Å². The summed E-state index contributed by atoms with van der Waals surface area (Å²) in [7, 11) is 0. The normalized spacial score (nSPS) is 19.9. The van der Waals surface area contributed by atoms with Crippen LogP contribution < -0.4 is 0 Å². The van der Waals surface area contributed by atoms with E-state index in [1.807, 2.05) is 11.8 Å². The lowest BCUT2D eigenvalue weighted by atomic mass is 9.95. The van der Waals surface area contributed by atoms with Gasteiger partial charge in [-0.3, -0.25) is 14.8 Å². The van der Waals surface area contributed by atoms with Gasteiger partial charge in [0.25, 0.3) is 0 Å². The molecule has 2 aliphatic rings. The van der Waals surface area contributed by atoms with Crippen molar-refractivity contribution in [3.05, 3.63) is 53.6 Å². The molecule has 1 saturated heterocycles. The summed E-state index contributed by atoms with van der Waals surface area (Å²) in [5.74, 6) is 0.602. The van der Waals surface area contributed by atoms with Crippen molar-refractivity contribution in [1.82, 2.24) is 14.8 Å². The van der Waals surface area contributed by atoms with Crippen LogP contribution in [-0.4, -0.2) is 40.0 Å². The number of aromatic nitrogens is 1. The van der Waals surface area contributed by atoms with Crippen LogP contribution in [0.15, 0.2) is 36.1 Å². The number of hydrogen-bond donors (Lipinski definition) is 0. The molecule has 1 atom stereocenters. The van der Waals surface area contributed by atoms with Gasteiger partial charge in [0.1, 0.15) is 0 Å². The molecule has 2 aliphatic heterocycles. The van der Waals surface area contributed by atoms with Gasteiger partial charge in [-0.05, 0) is 32.4 Å². The monoisotopic (exact) mass is 338 g/mol. The highest BCUT2D eigenvalue weighted by Crippen LogP contribution is 2.36. The Morgan fingerprint density at radius 2 is 2.16 bits per heavy atom. The van der Waals surface area contributed by atoms with Gasteiger partial charge in [-0.1, -0.05) is 13.2 Å². The maximum absolute atomic E-state index is 12.8. The van der Waals surface area contributed by atoms with E-state index in [4.69, 9.17) is 0 Å². The van der Waals surface area contributed by atoms with Crippen LogP contribution in [0.5, 0.6) is 0 Å². The van der Waals surface area contributed by atoms with Crippen molar-refractivity contribution < 1.29 is 4.79 Å². The smallest absolute Gasteiger partial charge is 0.223 e. The summed E-state index contributed by atoms with van der Waals surface area (Å²) in [6, 6.07) is 2.21. The molecule has 0 spiro atoms. The molecule has 0 saturated carbocycles. The van der Waals surface area contributed by atoms with Crippen LogP contribution >= 0.6 is 0 Å². The zero-order valence-electron chi connectivity index (χ0n) is 15.3. The zero-order chi connectivity index (χ0) is 18.1. The molecule has 0 aliphatic carbocycles. The standard InChI is InChI=1S/C20H26N4O/c1-6-21-9-15(4)23-10-17(11-23)8-19(25)24-12-18-20(16(24)5)13(2)7-14(3)22-18/h6-7,9,16-17H,1,4,8,10-12H2,2-3,5H3. The molecule has 1 unspecified atom stereocenters. The lowest BCUT2D eigenvalue weighted by Crippen LogP contribution is -2.48. The largest absolute Gasteiger partial charge is 0.370 e. The first-order valence-electron chi connectivity index (χ1n) is 8.75. The van der Waals surface area contributed by atoms with Gasteiger partial charge in [-0.25, -0.2) is 0 Å². The van der Waals surface area contributed by atoms with E-state index in [-0.39, 0.29) is 11.9 Å². The first-order chi connectivity index (χ1) is 11.9. The Morgan fingerprint density at radius 3 is 2.84 bits per heavy atom. The molecule has 5 heteroatoms. The number of aliphatic imine (C=N–C) groups is 1. The number of rotatable bonds is 5. The van der Waals surface area contributed by atoms with Gasteiger partial charge >= 0.3 is 0 Å². The molecule has 25 heavy (non-hydrogen) atoms. The number of carbonyl (C=O) groups excluding carboxylic acids is 1. The van der Waals surface area contributed by atoms with Crippen molar-refractivity contribution in [3.63, 3.8) is 0 Å². The minimum absolute atomic E-state index is 0.112. The molecule has 3 rings (SSSR count). The van der Waals surface area contributed by atoms with E-state index in [0.717, 1.165) is 30.2 Å². The Hall–Kier alpha value is -2.43. The molecular formula is C20H26N4O. The first-order valence-corrected chi connectivity index (χ1v) is 8.75. The molecule has 132 valence electrons. The summed E-state index contributed by atoms with van der Waals surface area (Å²) in [4.78, 5) is 25.5. The first kappa shape index (κ1) is 17.4. The Balaban J connectivity index is 1.57. The molecule has 0 bridgehead atoms. The number of hydrogen-bond acceptors (Lipinski definition) is 4. The number of carbonyl (C=O) groups is 1. The Bertz CT molecular complexity index is 746. The van der Waals surface area contributed by atoms with Crippen molar-refractivity contribution in [2.75, 3.05) is 13.1 Å². The van der Waals surface area contributed by atoms with Crippen LogP contribution in [0.4, 0.5) is 0 Å². The van der Waals surface area contributed by atoms with Gasteiger partial charge in [0, 0.05) is 54.8 Å². The van der Waals surface area contributed by atoms with Crippen LogP contribution in [0.1, 0.15) is 41.9 Å². The van der Waals surface area contributed by atoms with E-state index >= 15 is 0 Å². The fraction of sp³-hybridized carbons (Fsp3) is 0.450. The number of fused-ring (bicyclic) bond motifs is 1. The topological polar surface area (TPSA) is 48.8 Å². The number of allylic oxidation sites excluding steroid dienone is 1. The molecule has 0 aromatic carbocycles. The van der Waals surface area contributed by atoms with Crippen LogP contribution in [0.3, 0.4) is 0 Å². The van der Waals surface area contributed by atoms with Crippen molar-refractivity contribution in [3.8, 4) is 0 Å². The number of nitrogens with zero attached hydrogens (tertiary/aromatic N) is 4. The van der Waals surface area contributed by atoms with E-state index in [9.17, 15) is 4.79 Å². The third kappa shape index (κ3) is 3.36. The van der Waals surface area contributed by atoms with Gasteiger partial charge in [0.05, 0.1) is 18.3 Å². The lowest BCUT2D eigenvalue weighted by molar-refractivity contribution is -0.135. The number of amides is 1. The fourth-order valence-electron chi connectivity index (χ4n) is 3.89. The third-order valence-electron chi connectivity index (χ3n) is 5.15. The van der Waals surface area contributed by atoms with Gasteiger partial charge in [0.15, 0.2) is 0 Å². The average Bonchev–Trinajstić information content (AvgIpc) is 2.84. The molecule has 3 heterocycles. The predicted molar refractivity (Wildman–Crippen MR) is 100 cm³/mol. The minimum Gasteiger partial charge on any atom is -0.370 e. The zero-order valence-corrected chi connectivity index (χ0v) is 15.3.